The van der Waals surface area contributed by atoms with Crippen LogP contribution in [0, 0.1) is 13.8 Å². The number of ether oxygens (including phenoxy) is 1. The van der Waals surface area contributed by atoms with Crippen LogP contribution in [0.2, 0.25) is 0 Å². The number of aryl methyl sites for hydroxylation is 1. The van der Waals surface area contributed by atoms with E-state index in [0.29, 0.717) is 5.88 Å². The number of hydrogen-bond donors (Lipinski definition) is 1. The molecule has 0 aliphatic heterocycles. The predicted octanol–water partition coefficient (Wildman–Crippen LogP) is 3.54. The third kappa shape index (κ3) is 2.68. The van der Waals surface area contributed by atoms with Crippen LogP contribution in [-0.2, 0) is 0 Å². The van der Waals surface area contributed by atoms with Gasteiger partial charge in [-0.25, -0.2) is 4.98 Å². The third-order valence-corrected chi connectivity index (χ3v) is 3.01. The lowest BCUT2D eigenvalue weighted by Gasteiger charge is -2.10. The molecule has 0 aliphatic carbocycles. The largest absolute Gasteiger partial charge is 0.439 e. The lowest BCUT2D eigenvalue weighted by atomic mass is 10.1. The Hall–Kier alpha value is -1.87. The van der Waals surface area contributed by atoms with Crippen LogP contribution in [0.25, 0.3) is 0 Å². The fraction of sp³-hybridized carbons (Fsp3) is 0.267. The fourth-order valence-corrected chi connectivity index (χ4v) is 1.65. The van der Waals surface area contributed by atoms with Gasteiger partial charge in [0.2, 0.25) is 5.88 Å². The van der Waals surface area contributed by atoms with E-state index in [2.05, 4.69) is 4.98 Å². The molecule has 3 heteroatoms. The molecule has 1 N–H and O–H groups in total. The molecular formula is C15H17NO2. The van der Waals surface area contributed by atoms with Gasteiger partial charge in [0.1, 0.15) is 5.75 Å². The Balaban J connectivity index is 2.21. The number of nitrogens with zero attached hydrogens (tertiary/aromatic N) is 1. The summed E-state index contributed by atoms with van der Waals surface area (Å²) in [5, 5.41) is 9.40. The van der Waals surface area contributed by atoms with Crippen molar-refractivity contribution in [3.8, 4) is 11.6 Å². The molecular weight excluding hydrogens is 226 g/mol. The highest BCUT2D eigenvalue weighted by Gasteiger charge is 2.05. The summed E-state index contributed by atoms with van der Waals surface area (Å²) in [6.07, 6.45) is 1.12. The van der Waals surface area contributed by atoms with E-state index in [-0.39, 0.29) is 0 Å². The van der Waals surface area contributed by atoms with E-state index in [1.165, 1.54) is 5.56 Å². The molecule has 0 radical (unpaired) electrons. The van der Waals surface area contributed by atoms with Crippen LogP contribution < -0.4 is 4.74 Å². The van der Waals surface area contributed by atoms with Crippen LogP contribution in [-0.4, -0.2) is 10.1 Å². The zero-order valence-corrected chi connectivity index (χ0v) is 10.8. The van der Waals surface area contributed by atoms with Gasteiger partial charge >= 0.3 is 0 Å². The van der Waals surface area contributed by atoms with Crippen molar-refractivity contribution in [1.29, 1.82) is 0 Å². The molecule has 1 atom stereocenters. The zero-order chi connectivity index (χ0) is 13.1. The molecule has 0 saturated heterocycles. The summed E-state index contributed by atoms with van der Waals surface area (Å²) < 4.78 is 5.73. The predicted molar refractivity (Wildman–Crippen MR) is 70.9 cm³/mol. The summed E-state index contributed by atoms with van der Waals surface area (Å²) in [6.45, 7) is 5.78. The van der Waals surface area contributed by atoms with E-state index in [1.54, 1.807) is 19.2 Å². The first-order valence-electron chi connectivity index (χ1n) is 5.96. The van der Waals surface area contributed by atoms with Gasteiger partial charge in [-0.15, -0.1) is 0 Å². The molecule has 94 valence electrons. The van der Waals surface area contributed by atoms with E-state index in [4.69, 9.17) is 4.74 Å². The second-order valence-corrected chi connectivity index (χ2v) is 4.41. The average Bonchev–Trinajstić information content (AvgIpc) is 2.36. The highest BCUT2D eigenvalue weighted by atomic mass is 16.5. The normalized spacial score (nSPS) is 12.2. The van der Waals surface area contributed by atoms with E-state index in [0.717, 1.165) is 16.9 Å². The van der Waals surface area contributed by atoms with E-state index in [9.17, 15) is 5.11 Å². The number of hydrogen-bond acceptors (Lipinski definition) is 3. The van der Waals surface area contributed by atoms with Gasteiger partial charge in [0.05, 0.1) is 6.10 Å². The molecule has 1 aromatic heterocycles. The second kappa shape index (κ2) is 5.19. The molecule has 0 bridgehead atoms. The molecule has 0 fully saturated rings. The second-order valence-electron chi connectivity index (χ2n) is 4.41. The molecule has 2 aromatic rings. The number of benzene rings is 1. The Morgan fingerprint density at radius 3 is 2.56 bits per heavy atom. The summed E-state index contributed by atoms with van der Waals surface area (Å²) in [5.41, 5.74) is 3.08. The molecule has 2 rings (SSSR count). The van der Waals surface area contributed by atoms with Gasteiger partial charge in [-0.3, -0.25) is 0 Å². The Labute approximate surface area is 107 Å². The van der Waals surface area contributed by atoms with Crippen LogP contribution in [0.5, 0.6) is 11.6 Å². The number of aromatic nitrogens is 1. The van der Waals surface area contributed by atoms with Crippen molar-refractivity contribution in [2.75, 3.05) is 0 Å². The summed E-state index contributed by atoms with van der Waals surface area (Å²) >= 11 is 0. The number of aliphatic hydroxyl groups excluding tert-OH is 1. The van der Waals surface area contributed by atoms with Gasteiger partial charge < -0.3 is 9.84 Å². The summed E-state index contributed by atoms with van der Waals surface area (Å²) in [6, 6.07) is 9.52. The average molecular weight is 243 g/mol. The molecule has 3 nitrogen and oxygen atoms in total. The molecule has 0 aliphatic rings. The van der Waals surface area contributed by atoms with Crippen LogP contribution in [0.3, 0.4) is 0 Å². The van der Waals surface area contributed by atoms with Crippen molar-refractivity contribution >= 4 is 0 Å². The van der Waals surface area contributed by atoms with Crippen LogP contribution in [0.15, 0.2) is 36.5 Å². The van der Waals surface area contributed by atoms with Gasteiger partial charge in [-0.05, 0) is 49.6 Å². The number of pyridine rings is 1. The van der Waals surface area contributed by atoms with Gasteiger partial charge in [0.15, 0.2) is 0 Å². The quantitative estimate of drug-likeness (QED) is 0.896. The Bertz CT molecular complexity index is 533. The third-order valence-electron chi connectivity index (χ3n) is 3.01. The minimum Gasteiger partial charge on any atom is -0.439 e. The van der Waals surface area contributed by atoms with Gasteiger partial charge in [-0.1, -0.05) is 12.1 Å². The van der Waals surface area contributed by atoms with Crippen LogP contribution in [0.4, 0.5) is 0 Å². The van der Waals surface area contributed by atoms with E-state index in [1.807, 2.05) is 38.1 Å². The number of rotatable bonds is 3. The molecule has 0 saturated carbocycles. The standard InChI is InChI=1S/C15H17NO2/c1-10-5-4-6-14(11(10)2)18-15-8-7-13(9-16-15)12(3)17/h4-9,12,17H,1-3H3/t12-/m1/s1. The lowest BCUT2D eigenvalue weighted by molar-refractivity contribution is 0.198. The Morgan fingerprint density at radius 1 is 1.17 bits per heavy atom. The number of aliphatic hydroxyl groups is 1. The topological polar surface area (TPSA) is 42.4 Å². The summed E-state index contributed by atoms with van der Waals surface area (Å²) in [7, 11) is 0. The van der Waals surface area contributed by atoms with Crippen LogP contribution in [0.1, 0.15) is 29.7 Å². The molecule has 1 aromatic carbocycles. The smallest absolute Gasteiger partial charge is 0.219 e. The summed E-state index contributed by atoms with van der Waals surface area (Å²) in [5.74, 6) is 1.35. The molecule has 0 unspecified atom stereocenters. The van der Waals surface area contributed by atoms with Gasteiger partial charge in [0.25, 0.3) is 0 Å². The van der Waals surface area contributed by atoms with E-state index < -0.39 is 6.10 Å². The van der Waals surface area contributed by atoms with E-state index >= 15 is 0 Å². The minimum absolute atomic E-state index is 0.507. The van der Waals surface area contributed by atoms with Gasteiger partial charge in [-0.2, -0.15) is 0 Å². The monoisotopic (exact) mass is 243 g/mol. The molecule has 1 heterocycles. The zero-order valence-electron chi connectivity index (χ0n) is 10.8. The highest BCUT2D eigenvalue weighted by Crippen LogP contribution is 2.26. The minimum atomic E-state index is -0.507. The van der Waals surface area contributed by atoms with Crippen molar-refractivity contribution in [2.24, 2.45) is 0 Å². The maximum absolute atomic E-state index is 9.40. The van der Waals surface area contributed by atoms with Gasteiger partial charge in [0, 0.05) is 12.3 Å². The maximum atomic E-state index is 9.40. The molecule has 0 spiro atoms. The van der Waals surface area contributed by atoms with Crippen molar-refractivity contribution in [3.63, 3.8) is 0 Å². The SMILES string of the molecule is Cc1cccc(Oc2ccc([C@@H](C)O)cn2)c1C. The summed E-state index contributed by atoms with van der Waals surface area (Å²) in [4.78, 5) is 4.18. The molecule has 18 heavy (non-hydrogen) atoms. The Kier molecular flexibility index (Phi) is 3.63. The lowest BCUT2D eigenvalue weighted by Crippen LogP contribution is -1.95. The first kappa shape index (κ1) is 12.6. The van der Waals surface area contributed by atoms with Crippen molar-refractivity contribution in [1.82, 2.24) is 4.98 Å². The first-order valence-corrected chi connectivity index (χ1v) is 5.96. The Morgan fingerprint density at radius 2 is 1.94 bits per heavy atom. The van der Waals surface area contributed by atoms with Crippen molar-refractivity contribution in [2.45, 2.75) is 26.9 Å². The maximum Gasteiger partial charge on any atom is 0.219 e. The van der Waals surface area contributed by atoms with Crippen molar-refractivity contribution in [3.05, 3.63) is 53.2 Å². The first-order chi connectivity index (χ1) is 8.58. The van der Waals surface area contributed by atoms with Crippen molar-refractivity contribution < 1.29 is 9.84 Å². The van der Waals surface area contributed by atoms with Crippen LogP contribution >= 0.6 is 0 Å². The molecule has 0 amide bonds. The highest BCUT2D eigenvalue weighted by molar-refractivity contribution is 5.40. The fourth-order valence-electron chi connectivity index (χ4n) is 1.65.